The van der Waals surface area contributed by atoms with Crippen LogP contribution in [0, 0.1) is 0 Å². The molecule has 0 radical (unpaired) electrons. The molecule has 1 N–H and O–H groups in total. The molecular weight excluding hydrogens is 438 g/mol. The number of ether oxygens (including phenoxy) is 4. The lowest BCUT2D eigenvalue weighted by Gasteiger charge is -2.10. The van der Waals surface area contributed by atoms with Crippen LogP contribution >= 0.6 is 0 Å². The average molecular weight is 461 g/mol. The summed E-state index contributed by atoms with van der Waals surface area (Å²) in [4.78, 5) is 24.5. The first kappa shape index (κ1) is 22.7. The number of furan rings is 1. The van der Waals surface area contributed by atoms with Gasteiger partial charge in [-0.25, -0.2) is 4.79 Å². The number of carbonyl (C=O) groups excluding carboxylic acids is 2. The number of hydrogen-bond acceptors (Lipinski definition) is 7. The number of para-hydroxylation sites is 1. The zero-order valence-electron chi connectivity index (χ0n) is 18.9. The van der Waals surface area contributed by atoms with Crippen LogP contribution in [-0.4, -0.2) is 39.8 Å². The molecule has 3 aromatic carbocycles. The van der Waals surface area contributed by atoms with E-state index in [9.17, 15) is 9.59 Å². The van der Waals surface area contributed by atoms with E-state index in [1.807, 2.05) is 24.3 Å². The molecule has 0 saturated heterocycles. The van der Waals surface area contributed by atoms with Gasteiger partial charge in [-0.2, -0.15) is 0 Å². The molecule has 1 aromatic heterocycles. The van der Waals surface area contributed by atoms with Gasteiger partial charge in [0.25, 0.3) is 5.91 Å². The zero-order chi connectivity index (χ0) is 24.1. The maximum Gasteiger partial charge on any atom is 0.331 e. The van der Waals surface area contributed by atoms with Gasteiger partial charge in [-0.15, -0.1) is 0 Å². The van der Waals surface area contributed by atoms with Gasteiger partial charge in [-0.3, -0.25) is 4.79 Å². The predicted octanol–water partition coefficient (Wildman–Crippen LogP) is 4.81. The summed E-state index contributed by atoms with van der Waals surface area (Å²) < 4.78 is 26.8. The molecule has 0 fully saturated rings. The van der Waals surface area contributed by atoms with Crippen molar-refractivity contribution < 1.29 is 33.0 Å². The van der Waals surface area contributed by atoms with Gasteiger partial charge in [0.15, 0.2) is 18.1 Å². The summed E-state index contributed by atoms with van der Waals surface area (Å²) in [6.45, 7) is -0.462. The van der Waals surface area contributed by atoms with Crippen molar-refractivity contribution in [2.75, 3.05) is 33.3 Å². The van der Waals surface area contributed by atoms with Crippen molar-refractivity contribution in [3.05, 3.63) is 66.2 Å². The monoisotopic (exact) mass is 461 g/mol. The summed E-state index contributed by atoms with van der Waals surface area (Å²) in [5.74, 6) is 0.404. The number of esters is 1. The van der Waals surface area contributed by atoms with Crippen LogP contribution in [0.4, 0.5) is 5.69 Å². The van der Waals surface area contributed by atoms with Crippen LogP contribution < -0.4 is 19.5 Å². The Morgan fingerprint density at radius 3 is 2.38 bits per heavy atom. The zero-order valence-corrected chi connectivity index (χ0v) is 18.9. The maximum atomic E-state index is 12.4. The van der Waals surface area contributed by atoms with Crippen molar-refractivity contribution in [2.24, 2.45) is 0 Å². The minimum Gasteiger partial charge on any atom is -0.495 e. The number of methoxy groups -OCH3 is 3. The van der Waals surface area contributed by atoms with Crippen molar-refractivity contribution in [2.45, 2.75) is 0 Å². The Balaban J connectivity index is 1.40. The fourth-order valence-electron chi connectivity index (χ4n) is 3.51. The SMILES string of the molecule is COc1cc2c(cc1NC(=O)COC(=O)/C=C/c1ccc(OC)c(OC)c1)oc1ccccc12. The van der Waals surface area contributed by atoms with Crippen LogP contribution in [0.2, 0.25) is 0 Å². The summed E-state index contributed by atoms with van der Waals surface area (Å²) in [6, 6.07) is 16.3. The predicted molar refractivity (Wildman–Crippen MR) is 128 cm³/mol. The summed E-state index contributed by atoms with van der Waals surface area (Å²) in [6.07, 6.45) is 2.79. The second kappa shape index (κ2) is 9.99. The van der Waals surface area contributed by atoms with Crippen molar-refractivity contribution in [1.82, 2.24) is 0 Å². The Morgan fingerprint density at radius 1 is 0.853 bits per heavy atom. The second-order valence-electron chi connectivity index (χ2n) is 7.25. The number of carbonyl (C=O) groups is 2. The fourth-order valence-corrected chi connectivity index (χ4v) is 3.51. The van der Waals surface area contributed by atoms with E-state index in [1.54, 1.807) is 43.5 Å². The molecule has 0 saturated carbocycles. The van der Waals surface area contributed by atoms with E-state index >= 15 is 0 Å². The summed E-state index contributed by atoms with van der Waals surface area (Å²) >= 11 is 0. The van der Waals surface area contributed by atoms with Gasteiger partial charge < -0.3 is 28.7 Å². The molecule has 0 aliphatic carbocycles. The molecule has 4 rings (SSSR count). The minimum atomic E-state index is -0.662. The summed E-state index contributed by atoms with van der Waals surface area (Å²) in [5, 5.41) is 4.52. The highest BCUT2D eigenvalue weighted by atomic mass is 16.5. The standard InChI is InChI=1S/C26H23NO7/c1-30-21-10-8-16(12-24(21)32-3)9-11-26(29)33-15-25(28)27-19-14-22-18(13-23(19)31-2)17-6-4-5-7-20(17)34-22/h4-14H,15H2,1-3H3,(H,27,28)/b11-9+. The third kappa shape index (κ3) is 4.80. The quantitative estimate of drug-likeness (QED) is 0.297. The van der Waals surface area contributed by atoms with Crippen LogP contribution in [0.5, 0.6) is 17.2 Å². The van der Waals surface area contributed by atoms with Crippen molar-refractivity contribution in [1.29, 1.82) is 0 Å². The van der Waals surface area contributed by atoms with Crippen molar-refractivity contribution in [3.63, 3.8) is 0 Å². The number of anilines is 1. The molecule has 0 aliphatic rings. The third-order valence-electron chi connectivity index (χ3n) is 5.14. The highest BCUT2D eigenvalue weighted by Gasteiger charge is 2.15. The Hall–Kier alpha value is -4.46. The molecule has 8 nitrogen and oxygen atoms in total. The lowest BCUT2D eigenvalue weighted by atomic mass is 10.1. The van der Waals surface area contributed by atoms with Gasteiger partial charge in [0.05, 0.1) is 27.0 Å². The molecule has 0 unspecified atom stereocenters. The van der Waals surface area contributed by atoms with Gasteiger partial charge in [0.2, 0.25) is 0 Å². The van der Waals surface area contributed by atoms with E-state index in [1.165, 1.54) is 20.3 Å². The van der Waals surface area contributed by atoms with Gasteiger partial charge in [-0.1, -0.05) is 24.3 Å². The first-order valence-electron chi connectivity index (χ1n) is 10.4. The van der Waals surface area contributed by atoms with E-state index in [4.69, 9.17) is 23.4 Å². The van der Waals surface area contributed by atoms with Crippen LogP contribution in [0.3, 0.4) is 0 Å². The van der Waals surface area contributed by atoms with Gasteiger partial charge in [0.1, 0.15) is 16.9 Å². The lowest BCUT2D eigenvalue weighted by molar-refractivity contribution is -0.142. The Labute approximate surface area is 195 Å². The number of nitrogens with one attached hydrogen (secondary N) is 1. The maximum absolute atomic E-state index is 12.4. The molecule has 34 heavy (non-hydrogen) atoms. The average Bonchev–Trinajstić information content (AvgIpc) is 3.22. The molecule has 1 heterocycles. The van der Waals surface area contributed by atoms with Crippen molar-refractivity contribution >= 4 is 45.6 Å². The van der Waals surface area contributed by atoms with E-state index in [2.05, 4.69) is 5.32 Å². The number of hydrogen-bond donors (Lipinski definition) is 1. The smallest absolute Gasteiger partial charge is 0.331 e. The van der Waals surface area contributed by atoms with E-state index in [0.29, 0.717) is 34.1 Å². The van der Waals surface area contributed by atoms with Crippen LogP contribution in [0.1, 0.15) is 5.56 Å². The molecule has 0 atom stereocenters. The number of benzene rings is 3. The van der Waals surface area contributed by atoms with E-state index in [0.717, 1.165) is 16.4 Å². The Bertz CT molecular complexity index is 1390. The molecule has 0 aliphatic heterocycles. The number of rotatable bonds is 8. The normalized spacial score (nSPS) is 11.0. The first-order valence-corrected chi connectivity index (χ1v) is 10.4. The van der Waals surface area contributed by atoms with Gasteiger partial charge in [0, 0.05) is 22.9 Å². The van der Waals surface area contributed by atoms with Crippen LogP contribution in [-0.2, 0) is 14.3 Å². The molecule has 0 bridgehead atoms. The highest BCUT2D eigenvalue weighted by molar-refractivity contribution is 6.08. The largest absolute Gasteiger partial charge is 0.495 e. The van der Waals surface area contributed by atoms with E-state index in [-0.39, 0.29) is 0 Å². The highest BCUT2D eigenvalue weighted by Crippen LogP contribution is 2.36. The lowest BCUT2D eigenvalue weighted by Crippen LogP contribution is -2.20. The number of amides is 1. The van der Waals surface area contributed by atoms with Crippen molar-refractivity contribution in [3.8, 4) is 17.2 Å². The molecule has 0 spiro atoms. The summed E-state index contributed by atoms with van der Waals surface area (Å²) in [7, 11) is 4.58. The second-order valence-corrected chi connectivity index (χ2v) is 7.25. The minimum absolute atomic E-state index is 0.413. The van der Waals surface area contributed by atoms with Gasteiger partial charge in [-0.05, 0) is 35.9 Å². The fraction of sp³-hybridized carbons (Fsp3) is 0.154. The third-order valence-corrected chi connectivity index (χ3v) is 5.14. The summed E-state index contributed by atoms with van der Waals surface area (Å²) in [5.41, 5.74) is 2.46. The number of fused-ring (bicyclic) bond motifs is 3. The Kier molecular flexibility index (Phi) is 6.68. The molecule has 174 valence electrons. The molecule has 4 aromatic rings. The van der Waals surface area contributed by atoms with E-state index < -0.39 is 18.5 Å². The molecule has 1 amide bonds. The first-order chi connectivity index (χ1) is 16.5. The van der Waals surface area contributed by atoms with Gasteiger partial charge >= 0.3 is 5.97 Å². The molecular formula is C26H23NO7. The topological polar surface area (TPSA) is 96.2 Å². The van der Waals surface area contributed by atoms with Crippen LogP contribution in [0.25, 0.3) is 28.0 Å². The van der Waals surface area contributed by atoms with Crippen LogP contribution in [0.15, 0.2) is 65.1 Å². The Morgan fingerprint density at radius 2 is 1.62 bits per heavy atom. The molecule has 8 heteroatoms.